The second-order valence-electron chi connectivity index (χ2n) is 9.93. The van der Waals surface area contributed by atoms with Crippen LogP contribution in [-0.2, 0) is 38.8 Å². The Kier molecular flexibility index (Phi) is 14.6. The average Bonchev–Trinajstić information content (AvgIpc) is 3.05. The van der Waals surface area contributed by atoms with Crippen LogP contribution in [0.15, 0.2) is 91.0 Å². The van der Waals surface area contributed by atoms with E-state index in [2.05, 4.69) is 5.32 Å². The summed E-state index contributed by atoms with van der Waals surface area (Å²) >= 11 is 0. The third kappa shape index (κ3) is 13.3. The number of unbranched alkanes of at least 4 members (excludes halogenated alkanes) is 1. The van der Waals surface area contributed by atoms with E-state index >= 15 is 0 Å². The lowest BCUT2D eigenvalue weighted by Gasteiger charge is -2.24. The van der Waals surface area contributed by atoms with Gasteiger partial charge in [-0.3, -0.25) is 9.69 Å². The predicted molar refractivity (Wildman–Crippen MR) is 163 cm³/mol. The highest BCUT2D eigenvalue weighted by atomic mass is 16.6. The van der Waals surface area contributed by atoms with Crippen LogP contribution < -0.4 is 5.32 Å². The van der Waals surface area contributed by atoms with Gasteiger partial charge in [0.25, 0.3) is 0 Å². The number of carboxylic acids is 1. The highest BCUT2D eigenvalue weighted by molar-refractivity contribution is 5.76. The van der Waals surface area contributed by atoms with E-state index < -0.39 is 30.8 Å². The lowest BCUT2D eigenvalue weighted by Crippen LogP contribution is -2.38. The topological polar surface area (TPSA) is 135 Å². The largest absolute Gasteiger partial charge is 0.480 e. The number of hydrogen-bond donors (Lipinski definition) is 2. The maximum atomic E-state index is 12.9. The van der Waals surface area contributed by atoms with Crippen molar-refractivity contribution < 1.29 is 38.5 Å². The summed E-state index contributed by atoms with van der Waals surface area (Å²) in [5.74, 6) is -1.15. The number of ether oxygens (including phenoxy) is 3. The van der Waals surface area contributed by atoms with E-state index in [1.54, 1.807) is 0 Å². The van der Waals surface area contributed by atoms with Gasteiger partial charge in [-0.1, -0.05) is 91.0 Å². The summed E-state index contributed by atoms with van der Waals surface area (Å²) < 4.78 is 16.0. The molecular weight excluding hydrogens is 566 g/mol. The highest BCUT2D eigenvalue weighted by Crippen LogP contribution is 2.08. The van der Waals surface area contributed by atoms with Crippen molar-refractivity contribution in [3.63, 3.8) is 0 Å². The van der Waals surface area contributed by atoms with Gasteiger partial charge in [0.2, 0.25) is 0 Å². The minimum absolute atomic E-state index is 0.0324. The third-order valence-electron chi connectivity index (χ3n) is 6.45. The zero-order valence-electron chi connectivity index (χ0n) is 24.6. The Morgan fingerprint density at radius 3 is 1.45 bits per heavy atom. The van der Waals surface area contributed by atoms with Crippen LogP contribution in [0, 0.1) is 0 Å². The molecule has 0 fully saturated rings. The van der Waals surface area contributed by atoms with Gasteiger partial charge in [-0.2, -0.15) is 0 Å². The van der Waals surface area contributed by atoms with Gasteiger partial charge in [0.1, 0.15) is 26.4 Å². The molecule has 11 heteroatoms. The molecule has 11 nitrogen and oxygen atoms in total. The molecule has 0 saturated carbocycles. The molecule has 0 aliphatic carbocycles. The molecule has 234 valence electrons. The Balaban J connectivity index is 1.46. The maximum Gasteiger partial charge on any atom is 0.410 e. The molecular formula is C33H39N3O8. The summed E-state index contributed by atoms with van der Waals surface area (Å²) in [6.07, 6.45) is -0.414. The molecule has 3 aromatic carbocycles. The first-order chi connectivity index (χ1) is 21.4. The molecule has 0 bridgehead atoms. The SMILES string of the molecule is O=C(O)CN(CCCCN(CCCNC(=O)OCc1ccccc1)C(=O)OCc1ccccc1)C(=O)OCc1ccccc1. The van der Waals surface area contributed by atoms with Crippen LogP contribution in [-0.4, -0.2) is 71.9 Å². The number of hydrogen-bond acceptors (Lipinski definition) is 7. The normalized spacial score (nSPS) is 10.4. The standard InChI is InChI=1S/C33H39N3O8/c37-30(38)23-36(33(41)44-26-29-17-8-3-9-18-29)21-11-10-20-35(32(40)43-25-28-15-6-2-7-16-28)22-12-19-34-31(39)42-24-27-13-4-1-5-14-27/h1-9,13-18H,10-12,19-26H2,(H,34,39)(H,37,38). The van der Waals surface area contributed by atoms with Gasteiger partial charge in [0.15, 0.2) is 0 Å². The van der Waals surface area contributed by atoms with E-state index in [0.29, 0.717) is 32.4 Å². The molecule has 3 amide bonds. The van der Waals surface area contributed by atoms with E-state index in [-0.39, 0.29) is 32.9 Å². The molecule has 0 heterocycles. The van der Waals surface area contributed by atoms with Crippen molar-refractivity contribution in [3.8, 4) is 0 Å². The van der Waals surface area contributed by atoms with E-state index in [1.807, 2.05) is 91.0 Å². The summed E-state index contributed by atoms with van der Waals surface area (Å²) in [4.78, 5) is 51.6. The first-order valence-electron chi connectivity index (χ1n) is 14.5. The second-order valence-corrected chi connectivity index (χ2v) is 9.93. The minimum Gasteiger partial charge on any atom is -0.480 e. The van der Waals surface area contributed by atoms with Crippen molar-refractivity contribution in [2.45, 2.75) is 39.1 Å². The van der Waals surface area contributed by atoms with Crippen molar-refractivity contribution in [2.24, 2.45) is 0 Å². The van der Waals surface area contributed by atoms with Crippen LogP contribution in [0.5, 0.6) is 0 Å². The van der Waals surface area contributed by atoms with Crippen molar-refractivity contribution in [3.05, 3.63) is 108 Å². The number of nitrogens with zero attached hydrogens (tertiary/aromatic N) is 2. The number of carboxylic acid groups (broad SMARTS) is 1. The van der Waals surface area contributed by atoms with E-state index in [1.165, 1.54) is 4.90 Å². The summed E-state index contributed by atoms with van der Waals surface area (Å²) in [6.45, 7) is 0.851. The molecule has 0 radical (unpaired) electrons. The number of aliphatic carboxylic acids is 1. The molecule has 44 heavy (non-hydrogen) atoms. The Morgan fingerprint density at radius 2 is 0.977 bits per heavy atom. The smallest absolute Gasteiger partial charge is 0.410 e. The molecule has 0 aliphatic heterocycles. The number of rotatable bonds is 17. The number of carbonyl (C=O) groups is 4. The molecule has 0 aromatic heterocycles. The Labute approximate surface area is 257 Å². The summed E-state index contributed by atoms with van der Waals surface area (Å²) in [5, 5.41) is 12.0. The van der Waals surface area contributed by atoms with Crippen LogP contribution in [0.2, 0.25) is 0 Å². The number of benzene rings is 3. The summed E-state index contributed by atoms with van der Waals surface area (Å²) in [7, 11) is 0. The molecule has 2 N–H and O–H groups in total. The lowest BCUT2D eigenvalue weighted by molar-refractivity contribution is -0.138. The van der Waals surface area contributed by atoms with Crippen LogP contribution in [0.1, 0.15) is 36.0 Å². The van der Waals surface area contributed by atoms with Gasteiger partial charge in [0, 0.05) is 26.2 Å². The van der Waals surface area contributed by atoms with Gasteiger partial charge >= 0.3 is 24.2 Å². The monoisotopic (exact) mass is 605 g/mol. The van der Waals surface area contributed by atoms with Gasteiger partial charge in [-0.05, 0) is 36.0 Å². The highest BCUT2D eigenvalue weighted by Gasteiger charge is 2.19. The average molecular weight is 606 g/mol. The van der Waals surface area contributed by atoms with E-state index in [0.717, 1.165) is 21.6 Å². The quantitative estimate of drug-likeness (QED) is 0.153. The van der Waals surface area contributed by atoms with Gasteiger partial charge in [-0.25, -0.2) is 14.4 Å². The van der Waals surface area contributed by atoms with Crippen molar-refractivity contribution in [2.75, 3.05) is 32.7 Å². The summed E-state index contributed by atoms with van der Waals surface area (Å²) in [6, 6.07) is 27.8. The van der Waals surface area contributed by atoms with E-state index in [4.69, 9.17) is 14.2 Å². The van der Waals surface area contributed by atoms with Crippen molar-refractivity contribution >= 4 is 24.2 Å². The molecule has 0 saturated heterocycles. The number of alkyl carbamates (subject to hydrolysis) is 1. The fraction of sp³-hybridized carbons (Fsp3) is 0.333. The Morgan fingerprint density at radius 1 is 0.568 bits per heavy atom. The van der Waals surface area contributed by atoms with Crippen LogP contribution in [0.25, 0.3) is 0 Å². The molecule has 0 aliphatic rings. The number of nitrogens with one attached hydrogen (secondary N) is 1. The number of amides is 3. The van der Waals surface area contributed by atoms with Crippen molar-refractivity contribution in [1.29, 1.82) is 0 Å². The van der Waals surface area contributed by atoms with Crippen LogP contribution in [0.4, 0.5) is 14.4 Å². The molecule has 3 rings (SSSR count). The molecule has 0 spiro atoms. The van der Waals surface area contributed by atoms with Crippen LogP contribution in [0.3, 0.4) is 0 Å². The third-order valence-corrected chi connectivity index (χ3v) is 6.45. The Bertz CT molecular complexity index is 1290. The summed E-state index contributed by atoms with van der Waals surface area (Å²) in [5.41, 5.74) is 2.52. The zero-order valence-corrected chi connectivity index (χ0v) is 24.6. The zero-order chi connectivity index (χ0) is 31.4. The Hall–Kier alpha value is -5.06. The van der Waals surface area contributed by atoms with Gasteiger partial charge in [0.05, 0.1) is 0 Å². The first-order valence-corrected chi connectivity index (χ1v) is 14.5. The maximum absolute atomic E-state index is 12.9. The molecule has 3 aromatic rings. The fourth-order valence-corrected chi connectivity index (χ4v) is 4.15. The van der Waals surface area contributed by atoms with E-state index in [9.17, 15) is 24.3 Å². The van der Waals surface area contributed by atoms with Gasteiger partial charge < -0.3 is 29.5 Å². The van der Waals surface area contributed by atoms with Crippen molar-refractivity contribution in [1.82, 2.24) is 15.1 Å². The molecule has 0 unspecified atom stereocenters. The fourth-order valence-electron chi connectivity index (χ4n) is 4.15. The second kappa shape index (κ2) is 19.2. The minimum atomic E-state index is -1.15. The first kappa shape index (κ1) is 33.4. The van der Waals surface area contributed by atoms with Gasteiger partial charge in [-0.15, -0.1) is 0 Å². The lowest BCUT2D eigenvalue weighted by atomic mass is 10.2. The van der Waals surface area contributed by atoms with Crippen LogP contribution >= 0.6 is 0 Å². The number of carbonyl (C=O) groups excluding carboxylic acids is 3. The molecule has 0 atom stereocenters. The predicted octanol–water partition coefficient (Wildman–Crippen LogP) is 5.45.